The van der Waals surface area contributed by atoms with Crippen LogP contribution in [0, 0.1) is 6.92 Å². The Bertz CT molecular complexity index is 1290. The maximum atomic E-state index is 12.1. The smallest absolute Gasteiger partial charge is 0.264 e. The van der Waals surface area contributed by atoms with Gasteiger partial charge in [-0.25, -0.2) is 4.98 Å². The second kappa shape index (κ2) is 9.25. The number of hydrogen-bond donors (Lipinski definition) is 3. The quantitative estimate of drug-likeness (QED) is 0.353. The normalized spacial score (nSPS) is 10.7. The van der Waals surface area contributed by atoms with Gasteiger partial charge < -0.3 is 19.6 Å². The van der Waals surface area contributed by atoms with Gasteiger partial charge in [0.05, 0.1) is 5.56 Å². The van der Waals surface area contributed by atoms with Crippen LogP contribution in [-0.4, -0.2) is 27.7 Å². The number of fused-ring (bicyclic) bond motifs is 1. The first-order valence-corrected chi connectivity index (χ1v) is 10.4. The van der Waals surface area contributed by atoms with Gasteiger partial charge in [-0.15, -0.1) is 0 Å². The van der Waals surface area contributed by atoms with Crippen LogP contribution in [0.2, 0.25) is 5.02 Å². The Balaban J connectivity index is 1.35. The summed E-state index contributed by atoms with van der Waals surface area (Å²) < 4.78 is 11.2. The standard InChI is InChI=1S/C23H18ClN3O4S/c1-13-10-14(24)6-9-19(13)30-12-21(29)27-23(32)25-15-7-8-16(18(28)11-15)22-26-17-4-2-3-5-20(17)31-22/h2-11,28H,12H2,1H3,(H2,25,27,29,32). The molecular weight excluding hydrogens is 450 g/mol. The zero-order chi connectivity index (χ0) is 22.7. The number of nitrogens with zero attached hydrogens (tertiary/aromatic N) is 1. The van der Waals surface area contributed by atoms with E-state index < -0.39 is 5.91 Å². The van der Waals surface area contributed by atoms with Gasteiger partial charge in [0, 0.05) is 16.8 Å². The summed E-state index contributed by atoms with van der Waals surface area (Å²) in [5.74, 6) is 0.394. The Kier molecular flexibility index (Phi) is 6.25. The molecule has 162 valence electrons. The van der Waals surface area contributed by atoms with Crippen LogP contribution in [0.15, 0.2) is 65.1 Å². The number of phenolic OH excluding ortho intramolecular Hbond substituents is 1. The van der Waals surface area contributed by atoms with Crippen LogP contribution >= 0.6 is 23.8 Å². The third-order valence-corrected chi connectivity index (χ3v) is 4.97. The molecule has 0 aliphatic carbocycles. The van der Waals surface area contributed by atoms with E-state index >= 15 is 0 Å². The Hall–Kier alpha value is -3.62. The number of carbonyl (C=O) groups is 1. The first kappa shape index (κ1) is 21.6. The molecule has 3 N–H and O–H groups in total. The molecule has 0 saturated heterocycles. The zero-order valence-electron chi connectivity index (χ0n) is 16.9. The van der Waals surface area contributed by atoms with Gasteiger partial charge in [0.2, 0.25) is 5.89 Å². The molecule has 7 nitrogen and oxygen atoms in total. The summed E-state index contributed by atoms with van der Waals surface area (Å²) in [5, 5.41) is 16.5. The molecule has 0 saturated carbocycles. The Labute approximate surface area is 194 Å². The molecule has 1 aromatic heterocycles. The van der Waals surface area contributed by atoms with E-state index in [4.69, 9.17) is 33.0 Å². The predicted octanol–water partition coefficient (Wildman–Crippen LogP) is 5.05. The summed E-state index contributed by atoms with van der Waals surface area (Å²) in [7, 11) is 0. The van der Waals surface area contributed by atoms with E-state index in [0.29, 0.717) is 39.0 Å². The fourth-order valence-electron chi connectivity index (χ4n) is 3.02. The number of hydrogen-bond acceptors (Lipinski definition) is 6. The largest absolute Gasteiger partial charge is 0.507 e. The molecule has 0 fully saturated rings. The first-order valence-electron chi connectivity index (χ1n) is 9.58. The van der Waals surface area contributed by atoms with Crippen LogP contribution in [0.25, 0.3) is 22.6 Å². The minimum absolute atomic E-state index is 0.0442. The molecular formula is C23H18ClN3O4S. The number of halogens is 1. The number of aromatic hydroxyl groups is 1. The lowest BCUT2D eigenvalue weighted by atomic mass is 10.2. The fraction of sp³-hybridized carbons (Fsp3) is 0.0870. The first-order chi connectivity index (χ1) is 15.4. The molecule has 32 heavy (non-hydrogen) atoms. The molecule has 4 rings (SSSR count). The van der Waals surface area contributed by atoms with Gasteiger partial charge in [0.25, 0.3) is 5.91 Å². The number of carbonyl (C=O) groups excluding carboxylic acids is 1. The summed E-state index contributed by atoms with van der Waals surface area (Å²) in [4.78, 5) is 16.5. The number of para-hydroxylation sites is 2. The lowest BCUT2D eigenvalue weighted by molar-refractivity contribution is -0.121. The summed E-state index contributed by atoms with van der Waals surface area (Å²) in [5.41, 5.74) is 3.07. The molecule has 1 heterocycles. The van der Waals surface area contributed by atoms with Crippen LogP contribution in [0.5, 0.6) is 11.5 Å². The van der Waals surface area contributed by atoms with E-state index in [2.05, 4.69) is 15.6 Å². The van der Waals surface area contributed by atoms with Crippen molar-refractivity contribution in [1.29, 1.82) is 0 Å². The molecule has 1 amide bonds. The van der Waals surface area contributed by atoms with Crippen molar-refractivity contribution >= 4 is 51.6 Å². The fourth-order valence-corrected chi connectivity index (χ4v) is 3.48. The molecule has 0 aliphatic heterocycles. The van der Waals surface area contributed by atoms with E-state index in [9.17, 15) is 9.90 Å². The van der Waals surface area contributed by atoms with Crippen molar-refractivity contribution in [2.24, 2.45) is 0 Å². The second-order valence-electron chi connectivity index (χ2n) is 6.92. The zero-order valence-corrected chi connectivity index (χ0v) is 18.5. The van der Waals surface area contributed by atoms with Crippen LogP contribution in [-0.2, 0) is 4.79 Å². The number of aromatic nitrogens is 1. The van der Waals surface area contributed by atoms with E-state index in [0.717, 1.165) is 5.56 Å². The topological polar surface area (TPSA) is 96.6 Å². The highest BCUT2D eigenvalue weighted by Crippen LogP contribution is 2.33. The van der Waals surface area contributed by atoms with Crippen LogP contribution in [0.3, 0.4) is 0 Å². The number of oxazole rings is 1. The van der Waals surface area contributed by atoms with Gasteiger partial charge in [0.15, 0.2) is 17.3 Å². The number of nitrogens with one attached hydrogen (secondary N) is 2. The van der Waals surface area contributed by atoms with Crippen molar-refractivity contribution in [1.82, 2.24) is 10.3 Å². The monoisotopic (exact) mass is 467 g/mol. The van der Waals surface area contributed by atoms with Gasteiger partial charge in [-0.3, -0.25) is 10.1 Å². The van der Waals surface area contributed by atoms with Gasteiger partial charge in [-0.2, -0.15) is 0 Å². The number of thiocarbonyl (C=S) groups is 1. The van der Waals surface area contributed by atoms with Crippen molar-refractivity contribution < 1.29 is 19.1 Å². The maximum absolute atomic E-state index is 12.1. The molecule has 0 spiro atoms. The Morgan fingerprint density at radius 2 is 2.00 bits per heavy atom. The molecule has 0 unspecified atom stereocenters. The van der Waals surface area contributed by atoms with Gasteiger partial charge >= 0.3 is 0 Å². The number of aryl methyl sites for hydroxylation is 1. The van der Waals surface area contributed by atoms with Crippen LogP contribution in [0.1, 0.15) is 5.56 Å². The van der Waals surface area contributed by atoms with Gasteiger partial charge in [-0.05, 0) is 67.2 Å². The Morgan fingerprint density at radius 3 is 2.75 bits per heavy atom. The highest BCUT2D eigenvalue weighted by atomic mass is 35.5. The molecule has 9 heteroatoms. The number of anilines is 1. The number of ether oxygens (including phenoxy) is 1. The van der Waals surface area contributed by atoms with E-state index in [-0.39, 0.29) is 17.5 Å². The summed E-state index contributed by atoms with van der Waals surface area (Å²) >= 11 is 11.1. The molecule has 4 aromatic rings. The molecule has 3 aromatic carbocycles. The molecule has 0 radical (unpaired) electrons. The van der Waals surface area contributed by atoms with Crippen molar-refractivity contribution in [3.63, 3.8) is 0 Å². The van der Waals surface area contributed by atoms with Crippen molar-refractivity contribution in [2.75, 3.05) is 11.9 Å². The minimum Gasteiger partial charge on any atom is -0.507 e. The van der Waals surface area contributed by atoms with E-state index in [1.54, 1.807) is 36.4 Å². The predicted molar refractivity (Wildman–Crippen MR) is 127 cm³/mol. The summed E-state index contributed by atoms with van der Waals surface area (Å²) in [6.07, 6.45) is 0. The van der Waals surface area contributed by atoms with Crippen molar-refractivity contribution in [2.45, 2.75) is 6.92 Å². The number of phenols is 1. The molecule has 0 atom stereocenters. The van der Waals surface area contributed by atoms with Crippen LogP contribution in [0.4, 0.5) is 5.69 Å². The maximum Gasteiger partial charge on any atom is 0.264 e. The Morgan fingerprint density at radius 1 is 1.19 bits per heavy atom. The van der Waals surface area contributed by atoms with Crippen LogP contribution < -0.4 is 15.4 Å². The SMILES string of the molecule is Cc1cc(Cl)ccc1OCC(=O)NC(=S)Nc1ccc(-c2nc3ccccc3o2)c(O)c1. The van der Waals surface area contributed by atoms with Crippen molar-refractivity contribution in [3.8, 4) is 23.0 Å². The van der Waals surface area contributed by atoms with E-state index in [1.807, 2.05) is 25.1 Å². The summed E-state index contributed by atoms with van der Waals surface area (Å²) in [6.45, 7) is 1.62. The number of benzene rings is 3. The minimum atomic E-state index is -0.427. The van der Waals surface area contributed by atoms with Crippen molar-refractivity contribution in [3.05, 3.63) is 71.2 Å². The lowest BCUT2D eigenvalue weighted by Crippen LogP contribution is -2.37. The third kappa shape index (κ3) is 4.99. The summed E-state index contributed by atoms with van der Waals surface area (Å²) in [6, 6.07) is 17.3. The average Bonchev–Trinajstić information content (AvgIpc) is 3.17. The number of amides is 1. The molecule has 0 bridgehead atoms. The van der Waals surface area contributed by atoms with Gasteiger partial charge in [-0.1, -0.05) is 23.7 Å². The molecule has 0 aliphatic rings. The van der Waals surface area contributed by atoms with Gasteiger partial charge in [0.1, 0.15) is 17.0 Å². The second-order valence-corrected chi connectivity index (χ2v) is 7.76. The van der Waals surface area contributed by atoms with E-state index in [1.165, 1.54) is 6.07 Å². The highest BCUT2D eigenvalue weighted by Gasteiger charge is 2.14. The lowest BCUT2D eigenvalue weighted by Gasteiger charge is -2.12. The third-order valence-electron chi connectivity index (χ3n) is 4.53. The highest BCUT2D eigenvalue weighted by molar-refractivity contribution is 7.80. The number of rotatable bonds is 5. The average molecular weight is 468 g/mol.